The third kappa shape index (κ3) is 2.72. The van der Waals surface area contributed by atoms with Gasteiger partial charge in [-0.2, -0.15) is 8.42 Å². The van der Waals surface area contributed by atoms with E-state index in [0.717, 1.165) is 12.3 Å². The second-order valence-electron chi connectivity index (χ2n) is 2.68. The lowest BCUT2D eigenvalue weighted by atomic mass is 10.3. The van der Waals surface area contributed by atoms with Crippen LogP contribution in [0.25, 0.3) is 0 Å². The smallest absolute Gasteiger partial charge is 0.298 e. The monoisotopic (exact) mass is 312 g/mol. The van der Waals surface area contributed by atoms with E-state index in [4.69, 9.17) is 9.66 Å². The van der Waals surface area contributed by atoms with E-state index in [1.165, 1.54) is 0 Å². The summed E-state index contributed by atoms with van der Waals surface area (Å²) in [6.45, 7) is 0. The van der Waals surface area contributed by atoms with Gasteiger partial charge in [-0.25, -0.2) is 4.98 Å². The van der Waals surface area contributed by atoms with Crippen molar-refractivity contribution in [3.8, 4) is 0 Å². The lowest BCUT2D eigenvalue weighted by Gasteiger charge is -2.06. The molecule has 88 valence electrons. The molecule has 16 heavy (non-hydrogen) atoms. The van der Waals surface area contributed by atoms with Crippen LogP contribution in [-0.4, -0.2) is 28.0 Å². The Bertz CT molecular complexity index is 530. The molecule has 1 heterocycles. The molecular formula is C6H5BrN2O6S. The maximum absolute atomic E-state index is 10.6. The fraction of sp³-hybridized carbons (Fsp3) is 0.167. The number of halogens is 1. The Kier molecular flexibility index (Phi) is 3.57. The largest absolute Gasteiger partial charge is 0.370 e. The molecule has 2 N–H and O–H groups in total. The van der Waals surface area contributed by atoms with Crippen LogP contribution in [0.3, 0.4) is 0 Å². The maximum Gasteiger partial charge on any atom is 0.298 e. The topological polar surface area (TPSA) is 131 Å². The summed E-state index contributed by atoms with van der Waals surface area (Å²) in [4.78, 5) is 13.0. The van der Waals surface area contributed by atoms with Gasteiger partial charge in [-0.3, -0.25) is 14.7 Å². The molecule has 1 atom stereocenters. The number of nitro groups is 1. The van der Waals surface area contributed by atoms with Gasteiger partial charge >= 0.3 is 0 Å². The Hall–Kier alpha value is -1.10. The number of pyridine rings is 1. The van der Waals surface area contributed by atoms with Crippen LogP contribution in [0.4, 0.5) is 5.69 Å². The fourth-order valence-electron chi connectivity index (χ4n) is 0.917. The van der Waals surface area contributed by atoms with Crippen LogP contribution in [0.15, 0.2) is 16.7 Å². The molecular weight excluding hydrogens is 308 g/mol. The highest BCUT2D eigenvalue weighted by Gasteiger charge is 2.31. The highest BCUT2D eigenvalue weighted by molar-refractivity contribution is 9.10. The Morgan fingerprint density at radius 1 is 1.56 bits per heavy atom. The molecule has 0 aliphatic carbocycles. The van der Waals surface area contributed by atoms with Gasteiger partial charge in [-0.1, -0.05) is 0 Å². The summed E-state index contributed by atoms with van der Waals surface area (Å²) in [5.41, 5.74) is -3.89. The zero-order valence-electron chi connectivity index (χ0n) is 7.44. The summed E-state index contributed by atoms with van der Waals surface area (Å²) in [5, 5.41) is 19.7. The molecule has 0 spiro atoms. The first kappa shape index (κ1) is 13.0. The molecule has 10 heteroatoms. The van der Waals surface area contributed by atoms with E-state index in [9.17, 15) is 18.5 Å². The van der Waals surface area contributed by atoms with E-state index >= 15 is 0 Å². The standard InChI is InChI=1S/C6H5BrN2O6S/c7-3-1-4(9(11)12)5(8-2-3)6(10)16(13,14)15/h1-2,6,10H,(H,13,14,15). The summed E-state index contributed by atoms with van der Waals surface area (Å²) in [6.07, 6.45) is 1.07. The van der Waals surface area contributed by atoms with Gasteiger partial charge in [0.25, 0.3) is 15.8 Å². The van der Waals surface area contributed by atoms with Crippen molar-refractivity contribution in [3.63, 3.8) is 0 Å². The number of aromatic nitrogens is 1. The van der Waals surface area contributed by atoms with Crippen LogP contribution in [-0.2, 0) is 10.1 Å². The van der Waals surface area contributed by atoms with Crippen molar-refractivity contribution in [1.29, 1.82) is 0 Å². The number of nitrogens with zero attached hydrogens (tertiary/aromatic N) is 2. The number of hydrogen-bond acceptors (Lipinski definition) is 6. The molecule has 0 saturated carbocycles. The molecule has 0 fully saturated rings. The van der Waals surface area contributed by atoms with E-state index in [2.05, 4.69) is 20.9 Å². The summed E-state index contributed by atoms with van der Waals surface area (Å²) < 4.78 is 30.0. The first-order chi connectivity index (χ1) is 7.23. The average Bonchev–Trinajstić information content (AvgIpc) is 2.15. The summed E-state index contributed by atoms with van der Waals surface area (Å²) >= 11 is 2.90. The Morgan fingerprint density at radius 3 is 2.56 bits per heavy atom. The molecule has 1 aromatic rings. The molecule has 0 aromatic carbocycles. The van der Waals surface area contributed by atoms with Gasteiger partial charge in [0.1, 0.15) is 0 Å². The zero-order chi connectivity index (χ0) is 12.5. The maximum atomic E-state index is 10.6. The van der Waals surface area contributed by atoms with Crippen molar-refractivity contribution in [2.24, 2.45) is 0 Å². The molecule has 0 radical (unpaired) electrons. The van der Waals surface area contributed by atoms with Crippen LogP contribution in [0, 0.1) is 10.1 Å². The molecule has 1 unspecified atom stereocenters. The number of rotatable bonds is 3. The molecule has 0 bridgehead atoms. The van der Waals surface area contributed by atoms with Crippen LogP contribution in [0.5, 0.6) is 0 Å². The van der Waals surface area contributed by atoms with Gasteiger partial charge in [-0.15, -0.1) is 0 Å². The van der Waals surface area contributed by atoms with Gasteiger partial charge < -0.3 is 5.11 Å². The average molecular weight is 313 g/mol. The molecule has 0 amide bonds. The molecule has 0 saturated heterocycles. The van der Waals surface area contributed by atoms with Gasteiger partial charge in [0.05, 0.1) is 4.92 Å². The van der Waals surface area contributed by atoms with Gasteiger partial charge in [0.2, 0.25) is 5.44 Å². The van der Waals surface area contributed by atoms with Crippen molar-refractivity contribution >= 4 is 31.7 Å². The van der Waals surface area contributed by atoms with E-state index in [-0.39, 0.29) is 4.47 Å². The first-order valence-electron chi connectivity index (χ1n) is 3.67. The van der Waals surface area contributed by atoms with E-state index in [0.29, 0.717) is 0 Å². The predicted octanol–water partition coefficient (Wildman–Crippen LogP) is 0.631. The zero-order valence-corrected chi connectivity index (χ0v) is 9.84. The summed E-state index contributed by atoms with van der Waals surface area (Å²) in [5.74, 6) is 0. The van der Waals surface area contributed by atoms with E-state index in [1.807, 2.05) is 0 Å². The van der Waals surface area contributed by atoms with Crippen molar-refractivity contribution in [1.82, 2.24) is 4.98 Å². The van der Waals surface area contributed by atoms with Crippen molar-refractivity contribution in [2.75, 3.05) is 0 Å². The molecule has 1 aromatic heterocycles. The number of hydrogen-bond donors (Lipinski definition) is 2. The van der Waals surface area contributed by atoms with Gasteiger partial charge in [0, 0.05) is 16.7 Å². The summed E-state index contributed by atoms with van der Waals surface area (Å²) in [6, 6.07) is 0.969. The van der Waals surface area contributed by atoms with Crippen molar-refractivity contribution < 1.29 is 23.0 Å². The highest BCUT2D eigenvalue weighted by Crippen LogP contribution is 2.28. The minimum absolute atomic E-state index is 0.241. The fourth-order valence-corrected chi connectivity index (χ4v) is 1.70. The normalized spacial score (nSPS) is 13.4. The third-order valence-electron chi connectivity index (χ3n) is 1.58. The molecule has 8 nitrogen and oxygen atoms in total. The summed E-state index contributed by atoms with van der Waals surface area (Å²) in [7, 11) is -4.85. The highest BCUT2D eigenvalue weighted by atomic mass is 79.9. The van der Waals surface area contributed by atoms with Crippen LogP contribution >= 0.6 is 15.9 Å². The minimum atomic E-state index is -4.85. The number of aliphatic hydroxyl groups excluding tert-OH is 1. The number of aliphatic hydroxyl groups is 1. The second-order valence-corrected chi connectivity index (χ2v) is 5.07. The SMILES string of the molecule is O=[N+]([O-])c1cc(Br)cnc1C(O)S(=O)(=O)O. The Morgan fingerprint density at radius 2 is 2.12 bits per heavy atom. The van der Waals surface area contributed by atoms with Crippen molar-refractivity contribution in [3.05, 3.63) is 32.5 Å². The first-order valence-corrected chi connectivity index (χ1v) is 5.97. The van der Waals surface area contributed by atoms with Crippen LogP contribution in [0.2, 0.25) is 0 Å². The molecule has 0 aliphatic rings. The Balaban J connectivity index is 3.40. The minimum Gasteiger partial charge on any atom is -0.370 e. The second kappa shape index (κ2) is 4.41. The third-order valence-corrected chi connectivity index (χ3v) is 2.80. The Labute approximate surface area is 98.0 Å². The van der Waals surface area contributed by atoms with Crippen molar-refractivity contribution in [2.45, 2.75) is 5.44 Å². The quantitative estimate of drug-likeness (QED) is 0.475. The molecule has 0 aliphatic heterocycles. The molecule has 1 rings (SSSR count). The van der Waals surface area contributed by atoms with Crippen LogP contribution in [0.1, 0.15) is 11.1 Å². The predicted molar refractivity (Wildman–Crippen MR) is 55.1 cm³/mol. The van der Waals surface area contributed by atoms with E-state index < -0.39 is 31.9 Å². The van der Waals surface area contributed by atoms with E-state index in [1.54, 1.807) is 0 Å². The lowest BCUT2D eigenvalue weighted by molar-refractivity contribution is -0.386. The van der Waals surface area contributed by atoms with Crippen LogP contribution < -0.4 is 0 Å². The lowest BCUT2D eigenvalue weighted by Crippen LogP contribution is -2.14. The van der Waals surface area contributed by atoms with Gasteiger partial charge in [-0.05, 0) is 15.9 Å². The van der Waals surface area contributed by atoms with Gasteiger partial charge in [0.15, 0.2) is 5.69 Å².